The van der Waals surface area contributed by atoms with Crippen molar-refractivity contribution in [3.05, 3.63) is 45.8 Å². The number of halogens is 1. The minimum Gasteiger partial charge on any atom is -0.428 e. The van der Waals surface area contributed by atoms with Crippen LogP contribution in [0.5, 0.6) is 0 Å². The lowest BCUT2D eigenvalue weighted by Gasteiger charge is -2.00. The molecule has 104 valence electrons. The zero-order valence-electron chi connectivity index (χ0n) is 10.4. The first-order valence-electron chi connectivity index (χ1n) is 6.04. The molecule has 1 aliphatic heterocycles. The Balaban J connectivity index is 2.09. The van der Waals surface area contributed by atoms with Crippen LogP contribution in [0.4, 0.5) is 0 Å². The number of imide groups is 1. The maximum absolute atomic E-state index is 11.7. The highest BCUT2D eigenvalue weighted by Crippen LogP contribution is 2.40. The highest BCUT2D eigenvalue weighted by molar-refractivity contribution is 7.13. The molecule has 3 heterocycles. The molecule has 2 N–H and O–H groups in total. The number of amides is 2. The van der Waals surface area contributed by atoms with E-state index in [-0.39, 0.29) is 11.1 Å². The summed E-state index contributed by atoms with van der Waals surface area (Å²) in [6.07, 6.45) is 0. The fourth-order valence-corrected chi connectivity index (χ4v) is 3.67. The molecule has 1 aromatic carbocycles. The normalized spacial score (nSPS) is 13.8. The zero-order chi connectivity index (χ0) is 14.7. The molecule has 0 saturated heterocycles. The summed E-state index contributed by atoms with van der Waals surface area (Å²) in [6.45, 7) is 0. The number of carbonyl (C=O) groups excluding carboxylic acids is 2. The van der Waals surface area contributed by atoms with E-state index in [1.54, 1.807) is 0 Å². The number of carbonyl (C=O) groups is 2. The molecule has 4 rings (SSSR count). The second-order valence-corrected chi connectivity index (χ2v) is 5.98. The van der Waals surface area contributed by atoms with Gasteiger partial charge in [0.25, 0.3) is 11.8 Å². The average molecular weight is 319 g/mol. The van der Waals surface area contributed by atoms with Crippen LogP contribution in [0.1, 0.15) is 20.7 Å². The Hall–Kier alpha value is -2.31. The Morgan fingerprint density at radius 2 is 1.90 bits per heavy atom. The molecule has 2 amide bonds. The maximum atomic E-state index is 11.7. The van der Waals surface area contributed by atoms with Gasteiger partial charge >= 0.3 is 0 Å². The Morgan fingerprint density at radius 3 is 2.57 bits per heavy atom. The lowest BCUT2D eigenvalue weighted by Crippen LogP contribution is -2.19. The highest BCUT2D eigenvalue weighted by Gasteiger charge is 2.29. The summed E-state index contributed by atoms with van der Waals surface area (Å²) in [5.41, 5.74) is 1.37. The molecule has 0 bridgehead atoms. The zero-order valence-corrected chi connectivity index (χ0v) is 12.0. The van der Waals surface area contributed by atoms with Gasteiger partial charge in [-0.2, -0.15) is 4.73 Å². The molecule has 0 radical (unpaired) electrons. The lowest BCUT2D eigenvalue weighted by atomic mass is 10.1. The molecule has 5 nitrogen and oxygen atoms in total. The SMILES string of the molecule is O=C1NC(=O)c2cc3c(cc21)c(Cl)c(-c1cccs1)n3O. The van der Waals surface area contributed by atoms with Crippen molar-refractivity contribution in [1.29, 1.82) is 0 Å². The predicted octanol–water partition coefficient (Wildman–Crippen LogP) is 3.14. The van der Waals surface area contributed by atoms with Gasteiger partial charge < -0.3 is 5.21 Å². The van der Waals surface area contributed by atoms with Crippen LogP contribution in [-0.4, -0.2) is 21.8 Å². The summed E-state index contributed by atoms with van der Waals surface area (Å²) in [6, 6.07) is 6.71. The molecule has 21 heavy (non-hydrogen) atoms. The van der Waals surface area contributed by atoms with Gasteiger partial charge in [0.1, 0.15) is 5.69 Å². The van der Waals surface area contributed by atoms with E-state index >= 15 is 0 Å². The van der Waals surface area contributed by atoms with Crippen LogP contribution in [-0.2, 0) is 0 Å². The Kier molecular flexibility index (Phi) is 2.42. The second kappa shape index (κ2) is 4.09. The fourth-order valence-electron chi connectivity index (χ4n) is 2.52. The molecule has 7 heteroatoms. The van der Waals surface area contributed by atoms with E-state index in [4.69, 9.17) is 11.6 Å². The second-order valence-electron chi connectivity index (χ2n) is 4.65. The van der Waals surface area contributed by atoms with E-state index in [9.17, 15) is 14.8 Å². The minimum atomic E-state index is -0.466. The predicted molar refractivity (Wildman–Crippen MR) is 79.2 cm³/mol. The third-order valence-electron chi connectivity index (χ3n) is 3.49. The third kappa shape index (κ3) is 1.57. The van der Waals surface area contributed by atoms with Crippen LogP contribution in [0.25, 0.3) is 21.5 Å². The molecule has 0 aliphatic carbocycles. The van der Waals surface area contributed by atoms with Gasteiger partial charge in [-0.25, -0.2) is 0 Å². The number of rotatable bonds is 1. The fraction of sp³-hybridized carbons (Fsp3) is 0. The first-order valence-corrected chi connectivity index (χ1v) is 7.30. The summed E-state index contributed by atoms with van der Waals surface area (Å²) >= 11 is 7.79. The Labute approximate surface area is 127 Å². The topological polar surface area (TPSA) is 71.3 Å². The molecule has 0 atom stereocenters. The van der Waals surface area contributed by atoms with Crippen LogP contribution >= 0.6 is 22.9 Å². The largest absolute Gasteiger partial charge is 0.428 e. The van der Waals surface area contributed by atoms with Crippen molar-refractivity contribution in [1.82, 2.24) is 10.0 Å². The van der Waals surface area contributed by atoms with Crippen LogP contribution in [0, 0.1) is 0 Å². The molecule has 0 fully saturated rings. The molecule has 3 aromatic rings. The van der Waals surface area contributed by atoms with Crippen LogP contribution in [0.2, 0.25) is 5.02 Å². The van der Waals surface area contributed by atoms with E-state index in [0.717, 1.165) is 9.61 Å². The molecule has 0 saturated carbocycles. The Morgan fingerprint density at radius 1 is 1.19 bits per heavy atom. The number of fused-ring (bicyclic) bond motifs is 2. The van der Waals surface area contributed by atoms with Crippen molar-refractivity contribution >= 4 is 45.7 Å². The number of hydrogen-bond donors (Lipinski definition) is 2. The molecule has 2 aromatic heterocycles. The summed E-state index contributed by atoms with van der Waals surface area (Å²) in [7, 11) is 0. The number of hydrogen-bond acceptors (Lipinski definition) is 4. The number of aromatic nitrogens is 1. The average Bonchev–Trinajstić information content (AvgIpc) is 3.12. The van der Waals surface area contributed by atoms with E-state index in [0.29, 0.717) is 21.6 Å². The number of thiophene rings is 1. The highest BCUT2D eigenvalue weighted by atomic mass is 35.5. The van der Waals surface area contributed by atoms with E-state index in [2.05, 4.69) is 5.32 Å². The molecular weight excluding hydrogens is 312 g/mol. The number of benzene rings is 1. The minimum absolute atomic E-state index is 0.245. The van der Waals surface area contributed by atoms with Gasteiger partial charge in [-0.15, -0.1) is 11.3 Å². The lowest BCUT2D eigenvalue weighted by molar-refractivity contribution is 0.0879. The monoisotopic (exact) mass is 318 g/mol. The summed E-state index contributed by atoms with van der Waals surface area (Å²) in [5.74, 6) is -0.914. The van der Waals surface area contributed by atoms with Gasteiger partial charge in [0.05, 0.1) is 26.5 Å². The van der Waals surface area contributed by atoms with Gasteiger partial charge in [-0.3, -0.25) is 14.9 Å². The molecular formula is C14H7ClN2O3S. The van der Waals surface area contributed by atoms with Gasteiger partial charge in [-0.1, -0.05) is 17.7 Å². The summed E-state index contributed by atoms with van der Waals surface area (Å²) in [4.78, 5) is 24.2. The summed E-state index contributed by atoms with van der Waals surface area (Å²) in [5, 5.41) is 15.3. The Bertz CT molecular complexity index is 871. The van der Waals surface area contributed by atoms with Crippen molar-refractivity contribution in [3.63, 3.8) is 0 Å². The number of nitrogens with zero attached hydrogens (tertiary/aromatic N) is 1. The van der Waals surface area contributed by atoms with Crippen molar-refractivity contribution in [2.75, 3.05) is 0 Å². The van der Waals surface area contributed by atoms with E-state index in [1.165, 1.54) is 23.5 Å². The first kappa shape index (κ1) is 12.4. The van der Waals surface area contributed by atoms with Crippen molar-refractivity contribution in [2.24, 2.45) is 0 Å². The van der Waals surface area contributed by atoms with Crippen LogP contribution < -0.4 is 5.32 Å². The van der Waals surface area contributed by atoms with Crippen molar-refractivity contribution in [2.45, 2.75) is 0 Å². The van der Waals surface area contributed by atoms with Crippen LogP contribution in [0.3, 0.4) is 0 Å². The molecule has 0 spiro atoms. The van der Waals surface area contributed by atoms with Gasteiger partial charge in [0, 0.05) is 5.39 Å². The van der Waals surface area contributed by atoms with Gasteiger partial charge in [0.2, 0.25) is 0 Å². The maximum Gasteiger partial charge on any atom is 0.259 e. The molecule has 0 unspecified atom stereocenters. The third-order valence-corrected chi connectivity index (χ3v) is 4.75. The number of nitrogens with one attached hydrogen (secondary N) is 1. The smallest absolute Gasteiger partial charge is 0.259 e. The van der Waals surface area contributed by atoms with Crippen molar-refractivity contribution in [3.8, 4) is 10.6 Å². The molecule has 1 aliphatic rings. The standard InChI is InChI=1S/C14H7ClN2O3S/c15-11-8-4-6-7(14(19)16-13(6)18)5-9(8)17(20)12(11)10-2-1-3-21-10/h1-5,20H,(H,16,18,19). The van der Waals surface area contributed by atoms with Gasteiger partial charge in [0.15, 0.2) is 0 Å². The van der Waals surface area contributed by atoms with Crippen LogP contribution in [0.15, 0.2) is 29.6 Å². The van der Waals surface area contributed by atoms with Gasteiger partial charge in [-0.05, 0) is 23.6 Å². The first-order chi connectivity index (χ1) is 10.1. The van der Waals surface area contributed by atoms with Crippen molar-refractivity contribution < 1.29 is 14.8 Å². The van der Waals surface area contributed by atoms with E-state index in [1.807, 2.05) is 17.5 Å². The summed E-state index contributed by atoms with van der Waals surface area (Å²) < 4.78 is 0.958. The quantitative estimate of drug-likeness (QED) is 0.535. The van der Waals surface area contributed by atoms with E-state index < -0.39 is 11.8 Å².